The molecule has 0 bridgehead atoms. The van der Waals surface area contributed by atoms with E-state index >= 15 is 0 Å². The zero-order valence-electron chi connectivity index (χ0n) is 13.6. The minimum Gasteiger partial charge on any atom is -0.466 e. The number of carbonyl (C=O) groups is 2. The van der Waals surface area contributed by atoms with Crippen molar-refractivity contribution in [3.05, 3.63) is 65.3 Å². The quantitative estimate of drug-likeness (QED) is 0.623. The van der Waals surface area contributed by atoms with E-state index in [2.05, 4.69) is 14.8 Å². The molecule has 0 atom stereocenters. The van der Waals surface area contributed by atoms with Crippen molar-refractivity contribution in [1.29, 1.82) is 0 Å². The van der Waals surface area contributed by atoms with Crippen molar-refractivity contribution in [3.8, 4) is 11.5 Å². The van der Waals surface area contributed by atoms with Gasteiger partial charge < -0.3 is 19.5 Å². The molecule has 2 aromatic rings. The molecule has 0 aliphatic carbocycles. The van der Waals surface area contributed by atoms with Gasteiger partial charge in [-0.15, -0.1) is 0 Å². The summed E-state index contributed by atoms with van der Waals surface area (Å²) in [4.78, 5) is 23.0. The van der Waals surface area contributed by atoms with Crippen LogP contribution >= 0.6 is 11.6 Å². The van der Waals surface area contributed by atoms with E-state index in [1.807, 2.05) is 0 Å². The summed E-state index contributed by atoms with van der Waals surface area (Å²) in [5.41, 5.74) is 0.532. The van der Waals surface area contributed by atoms with Crippen LogP contribution in [0, 0.1) is 0 Å². The molecule has 2 rings (SSSR count). The normalized spacial score (nSPS) is 10.8. The van der Waals surface area contributed by atoms with Crippen molar-refractivity contribution < 1.29 is 23.8 Å². The molecule has 0 saturated carbocycles. The second-order valence-electron chi connectivity index (χ2n) is 4.78. The smallest absolute Gasteiger partial charge is 0.354 e. The molecule has 7 heteroatoms. The highest BCUT2D eigenvalue weighted by molar-refractivity contribution is 6.30. The van der Waals surface area contributed by atoms with E-state index in [9.17, 15) is 9.59 Å². The molecule has 1 N–H and O–H groups in total. The molecular weight excluding hydrogens is 346 g/mol. The van der Waals surface area contributed by atoms with Gasteiger partial charge in [0.1, 0.15) is 17.2 Å². The van der Waals surface area contributed by atoms with E-state index in [0.29, 0.717) is 22.2 Å². The Kier molecular flexibility index (Phi) is 6.42. The van der Waals surface area contributed by atoms with Crippen LogP contribution in [0.1, 0.15) is 0 Å². The SMILES string of the molecule is COC(=O)/C=C(/Nc1ccc(Oc2ccc(Cl)cc2)cc1)C(=O)OC. The van der Waals surface area contributed by atoms with E-state index in [1.165, 1.54) is 14.2 Å². The van der Waals surface area contributed by atoms with Crippen LogP contribution in [-0.4, -0.2) is 26.2 Å². The first-order chi connectivity index (χ1) is 12.0. The van der Waals surface area contributed by atoms with Gasteiger partial charge in [0, 0.05) is 10.7 Å². The first-order valence-corrected chi connectivity index (χ1v) is 7.58. The number of benzene rings is 2. The van der Waals surface area contributed by atoms with Crippen LogP contribution in [0.4, 0.5) is 5.69 Å². The largest absolute Gasteiger partial charge is 0.466 e. The Bertz CT molecular complexity index is 769. The monoisotopic (exact) mass is 361 g/mol. The van der Waals surface area contributed by atoms with Crippen molar-refractivity contribution in [3.63, 3.8) is 0 Å². The lowest BCUT2D eigenvalue weighted by atomic mass is 10.2. The molecule has 0 aromatic heterocycles. The number of carbonyl (C=O) groups excluding carboxylic acids is 2. The van der Waals surface area contributed by atoms with Gasteiger partial charge in [-0.1, -0.05) is 11.6 Å². The number of hydrogen-bond acceptors (Lipinski definition) is 6. The van der Waals surface area contributed by atoms with Gasteiger partial charge in [0.25, 0.3) is 0 Å². The average Bonchev–Trinajstić information content (AvgIpc) is 2.63. The summed E-state index contributed by atoms with van der Waals surface area (Å²) in [5, 5.41) is 3.43. The highest BCUT2D eigenvalue weighted by atomic mass is 35.5. The van der Waals surface area contributed by atoms with E-state index in [1.54, 1.807) is 48.5 Å². The minimum absolute atomic E-state index is 0.0410. The molecule has 0 saturated heterocycles. The van der Waals surface area contributed by atoms with Crippen molar-refractivity contribution in [1.82, 2.24) is 0 Å². The molecule has 25 heavy (non-hydrogen) atoms. The fourth-order valence-corrected chi connectivity index (χ4v) is 1.96. The van der Waals surface area contributed by atoms with Crippen molar-refractivity contribution >= 4 is 29.2 Å². The lowest BCUT2D eigenvalue weighted by molar-refractivity contribution is -0.138. The number of nitrogens with one attached hydrogen (secondary N) is 1. The van der Waals surface area contributed by atoms with Crippen molar-refractivity contribution in [2.24, 2.45) is 0 Å². The summed E-state index contributed by atoms with van der Waals surface area (Å²) < 4.78 is 14.8. The summed E-state index contributed by atoms with van der Waals surface area (Å²) in [6.45, 7) is 0. The van der Waals surface area contributed by atoms with Crippen LogP contribution in [0.5, 0.6) is 11.5 Å². The topological polar surface area (TPSA) is 73.9 Å². The van der Waals surface area contributed by atoms with Crippen LogP contribution in [0.2, 0.25) is 5.02 Å². The minimum atomic E-state index is -0.688. The summed E-state index contributed by atoms with van der Waals surface area (Å²) >= 11 is 5.83. The Morgan fingerprint density at radius 3 is 2.00 bits per heavy atom. The summed E-state index contributed by atoms with van der Waals surface area (Å²) in [7, 11) is 2.44. The third kappa shape index (κ3) is 5.54. The Balaban J connectivity index is 2.09. The van der Waals surface area contributed by atoms with Gasteiger partial charge in [0.15, 0.2) is 0 Å². The van der Waals surface area contributed by atoms with Gasteiger partial charge in [-0.25, -0.2) is 9.59 Å². The van der Waals surface area contributed by atoms with Crippen molar-refractivity contribution in [2.45, 2.75) is 0 Å². The molecule has 0 unspecified atom stereocenters. The summed E-state index contributed by atoms with van der Waals surface area (Å²) in [6, 6.07) is 13.8. The zero-order chi connectivity index (χ0) is 18.2. The van der Waals surface area contributed by atoms with Gasteiger partial charge >= 0.3 is 11.9 Å². The molecule has 0 radical (unpaired) electrons. The molecule has 130 valence electrons. The lowest BCUT2D eigenvalue weighted by Crippen LogP contribution is -2.15. The van der Waals surface area contributed by atoms with Crippen LogP contribution in [0.15, 0.2) is 60.3 Å². The van der Waals surface area contributed by atoms with E-state index in [4.69, 9.17) is 16.3 Å². The molecule has 0 amide bonds. The Hall–Kier alpha value is -2.99. The van der Waals surface area contributed by atoms with Gasteiger partial charge in [0.05, 0.1) is 20.3 Å². The first-order valence-electron chi connectivity index (χ1n) is 7.20. The van der Waals surface area contributed by atoms with Crippen LogP contribution in [-0.2, 0) is 19.1 Å². The third-order valence-electron chi connectivity index (χ3n) is 3.05. The van der Waals surface area contributed by atoms with E-state index < -0.39 is 11.9 Å². The predicted octanol–water partition coefficient (Wildman–Crippen LogP) is 3.77. The fraction of sp³-hybridized carbons (Fsp3) is 0.111. The molecule has 0 spiro atoms. The zero-order valence-corrected chi connectivity index (χ0v) is 14.4. The van der Waals surface area contributed by atoms with Crippen LogP contribution in [0.3, 0.4) is 0 Å². The molecule has 0 aliphatic rings. The maximum Gasteiger partial charge on any atom is 0.354 e. The maximum absolute atomic E-state index is 11.7. The summed E-state index contributed by atoms with van der Waals surface area (Å²) in [6.07, 6.45) is 1.02. The van der Waals surface area contributed by atoms with E-state index in [-0.39, 0.29) is 5.70 Å². The lowest BCUT2D eigenvalue weighted by Gasteiger charge is -2.10. The molecular formula is C18H16ClNO5. The Labute approximate surface area is 150 Å². The molecule has 0 fully saturated rings. The number of esters is 2. The number of rotatable bonds is 6. The second-order valence-corrected chi connectivity index (χ2v) is 5.21. The maximum atomic E-state index is 11.7. The van der Waals surface area contributed by atoms with Crippen LogP contribution < -0.4 is 10.1 Å². The predicted molar refractivity (Wildman–Crippen MR) is 93.7 cm³/mol. The van der Waals surface area contributed by atoms with E-state index in [0.717, 1.165) is 6.08 Å². The number of halogens is 1. The fourth-order valence-electron chi connectivity index (χ4n) is 1.83. The number of ether oxygens (including phenoxy) is 3. The van der Waals surface area contributed by atoms with Gasteiger partial charge in [0.2, 0.25) is 0 Å². The molecule has 6 nitrogen and oxygen atoms in total. The molecule has 0 aliphatic heterocycles. The van der Waals surface area contributed by atoms with Gasteiger partial charge in [-0.2, -0.15) is 0 Å². The molecule has 2 aromatic carbocycles. The number of methoxy groups -OCH3 is 2. The average molecular weight is 362 g/mol. The van der Waals surface area contributed by atoms with Crippen LogP contribution in [0.25, 0.3) is 0 Å². The van der Waals surface area contributed by atoms with Crippen molar-refractivity contribution in [2.75, 3.05) is 19.5 Å². The molecule has 0 heterocycles. The van der Waals surface area contributed by atoms with Gasteiger partial charge in [-0.05, 0) is 48.5 Å². The number of hydrogen-bond donors (Lipinski definition) is 1. The standard InChI is InChI=1S/C18H16ClNO5/c1-23-17(21)11-16(18(22)24-2)20-13-5-9-15(10-6-13)25-14-7-3-12(19)4-8-14/h3-11,20H,1-2H3/b16-11+. The first kappa shape index (κ1) is 18.4. The Morgan fingerprint density at radius 1 is 0.920 bits per heavy atom. The van der Waals surface area contributed by atoms with Gasteiger partial charge in [-0.3, -0.25) is 0 Å². The second kappa shape index (κ2) is 8.75. The summed E-state index contributed by atoms with van der Waals surface area (Å²) in [5.74, 6) is -0.113. The highest BCUT2D eigenvalue weighted by Gasteiger charge is 2.12. The highest BCUT2D eigenvalue weighted by Crippen LogP contribution is 2.24. The third-order valence-corrected chi connectivity index (χ3v) is 3.30. The Morgan fingerprint density at radius 2 is 1.48 bits per heavy atom. The number of anilines is 1.